The van der Waals surface area contributed by atoms with Crippen molar-refractivity contribution < 1.29 is 0 Å². The number of nitrogens with zero attached hydrogens (tertiary/aromatic N) is 1. The number of hydrogen-bond donors (Lipinski definition) is 1. The second-order valence-corrected chi connectivity index (χ2v) is 4.63. The lowest BCUT2D eigenvalue weighted by molar-refractivity contribution is 0.141. The van der Waals surface area contributed by atoms with Crippen molar-refractivity contribution in [1.82, 2.24) is 10.2 Å². The Labute approximate surface area is 91.3 Å². The van der Waals surface area contributed by atoms with Crippen molar-refractivity contribution in [2.45, 2.75) is 24.9 Å². The summed E-state index contributed by atoms with van der Waals surface area (Å²) < 4.78 is 0. The predicted octanol–water partition coefficient (Wildman–Crippen LogP) is 1.93. The van der Waals surface area contributed by atoms with Gasteiger partial charge in [0.15, 0.2) is 0 Å². The third-order valence-corrected chi connectivity index (χ3v) is 3.66. The van der Waals surface area contributed by atoms with E-state index >= 15 is 0 Å². The van der Waals surface area contributed by atoms with Crippen LogP contribution in [-0.4, -0.2) is 24.5 Å². The predicted molar refractivity (Wildman–Crippen MR) is 61.5 cm³/mol. The van der Waals surface area contributed by atoms with Crippen LogP contribution in [0.2, 0.25) is 0 Å². The summed E-state index contributed by atoms with van der Waals surface area (Å²) in [7, 11) is 0. The average molecular weight is 202 g/mol. The minimum absolute atomic E-state index is 0.196. The number of benzene rings is 1. The molecule has 2 aliphatic heterocycles. The smallest absolute Gasteiger partial charge is 0.110 e. The van der Waals surface area contributed by atoms with Crippen LogP contribution in [0.4, 0.5) is 0 Å². The van der Waals surface area contributed by atoms with Gasteiger partial charge in [-0.15, -0.1) is 0 Å². The highest BCUT2D eigenvalue weighted by atomic mass is 15.4. The summed E-state index contributed by atoms with van der Waals surface area (Å²) in [5, 5.41) is 3.56. The standard InChI is InChI=1S/C13H18N2/c1-3-7-12(8-4-1)13(11-14-13)15-9-5-2-6-10-15/h1,3-4,7-8,14H,2,5-6,9-11H2. The van der Waals surface area contributed by atoms with E-state index in [-0.39, 0.29) is 5.66 Å². The Bertz CT molecular complexity index is 324. The van der Waals surface area contributed by atoms with Crippen LogP contribution in [0.3, 0.4) is 0 Å². The molecule has 0 amide bonds. The first-order valence-electron chi connectivity index (χ1n) is 5.97. The van der Waals surface area contributed by atoms with Crippen LogP contribution in [0.15, 0.2) is 30.3 Å². The van der Waals surface area contributed by atoms with E-state index in [4.69, 9.17) is 0 Å². The van der Waals surface area contributed by atoms with Gasteiger partial charge in [0, 0.05) is 19.6 Å². The lowest BCUT2D eigenvalue weighted by Gasteiger charge is -2.34. The molecular formula is C13H18N2. The van der Waals surface area contributed by atoms with E-state index in [0.29, 0.717) is 0 Å². The Morgan fingerprint density at radius 2 is 1.67 bits per heavy atom. The zero-order valence-corrected chi connectivity index (χ0v) is 9.08. The zero-order chi connectivity index (χ0) is 10.1. The molecule has 0 radical (unpaired) electrons. The number of likely N-dealkylation sites (tertiary alicyclic amines) is 1. The molecule has 2 nitrogen and oxygen atoms in total. The summed E-state index contributed by atoms with van der Waals surface area (Å²) in [5.41, 5.74) is 1.63. The minimum atomic E-state index is 0.196. The lowest BCUT2D eigenvalue weighted by atomic mass is 10.0. The van der Waals surface area contributed by atoms with Crippen molar-refractivity contribution in [3.63, 3.8) is 0 Å². The normalized spacial score (nSPS) is 31.5. The first-order valence-corrected chi connectivity index (χ1v) is 5.97. The minimum Gasteiger partial charge on any atom is -0.291 e. The molecule has 1 unspecified atom stereocenters. The molecular weight excluding hydrogens is 184 g/mol. The van der Waals surface area contributed by atoms with E-state index in [2.05, 4.69) is 40.5 Å². The molecule has 2 fully saturated rings. The average Bonchev–Trinajstić information content (AvgIpc) is 3.13. The fraction of sp³-hybridized carbons (Fsp3) is 0.538. The first kappa shape index (κ1) is 9.37. The SMILES string of the molecule is c1ccc(C2(N3CCCCC3)CN2)cc1. The fourth-order valence-corrected chi connectivity index (χ4v) is 2.68. The van der Waals surface area contributed by atoms with Gasteiger partial charge in [-0.25, -0.2) is 0 Å². The molecule has 0 saturated carbocycles. The van der Waals surface area contributed by atoms with Gasteiger partial charge in [-0.2, -0.15) is 0 Å². The number of hydrogen-bond acceptors (Lipinski definition) is 2. The van der Waals surface area contributed by atoms with E-state index in [1.807, 2.05) is 0 Å². The first-order chi connectivity index (χ1) is 7.42. The molecule has 0 aromatic heterocycles. The third-order valence-electron chi connectivity index (χ3n) is 3.66. The van der Waals surface area contributed by atoms with Gasteiger partial charge in [0.2, 0.25) is 0 Å². The van der Waals surface area contributed by atoms with Crippen LogP contribution in [0, 0.1) is 0 Å². The molecule has 15 heavy (non-hydrogen) atoms. The molecule has 1 aromatic rings. The van der Waals surface area contributed by atoms with E-state index in [1.165, 1.54) is 37.9 Å². The van der Waals surface area contributed by atoms with Crippen LogP contribution in [0.5, 0.6) is 0 Å². The number of piperidine rings is 1. The maximum absolute atomic E-state index is 3.56. The highest BCUT2D eigenvalue weighted by Gasteiger charge is 2.48. The van der Waals surface area contributed by atoms with Crippen LogP contribution in [-0.2, 0) is 5.66 Å². The molecule has 2 heteroatoms. The maximum atomic E-state index is 3.56. The summed E-state index contributed by atoms with van der Waals surface area (Å²) in [6.45, 7) is 3.63. The van der Waals surface area contributed by atoms with Crippen molar-refractivity contribution in [3.8, 4) is 0 Å². The second kappa shape index (κ2) is 3.62. The van der Waals surface area contributed by atoms with Gasteiger partial charge < -0.3 is 0 Å². The van der Waals surface area contributed by atoms with Gasteiger partial charge in [0.05, 0.1) is 0 Å². The fourth-order valence-electron chi connectivity index (χ4n) is 2.68. The number of rotatable bonds is 2. The molecule has 0 spiro atoms. The van der Waals surface area contributed by atoms with Crippen LogP contribution >= 0.6 is 0 Å². The van der Waals surface area contributed by atoms with Gasteiger partial charge in [0.25, 0.3) is 0 Å². The Kier molecular flexibility index (Phi) is 2.26. The molecule has 2 aliphatic rings. The van der Waals surface area contributed by atoms with E-state index in [9.17, 15) is 0 Å². The van der Waals surface area contributed by atoms with Gasteiger partial charge in [-0.1, -0.05) is 36.8 Å². The monoisotopic (exact) mass is 202 g/mol. The quantitative estimate of drug-likeness (QED) is 0.741. The van der Waals surface area contributed by atoms with Crippen LogP contribution in [0.1, 0.15) is 24.8 Å². The number of nitrogens with one attached hydrogen (secondary N) is 1. The van der Waals surface area contributed by atoms with Crippen molar-refractivity contribution in [1.29, 1.82) is 0 Å². The molecule has 0 aliphatic carbocycles. The maximum Gasteiger partial charge on any atom is 0.110 e. The Hall–Kier alpha value is -0.860. The molecule has 2 heterocycles. The second-order valence-electron chi connectivity index (χ2n) is 4.63. The Morgan fingerprint density at radius 3 is 2.27 bits per heavy atom. The molecule has 1 N–H and O–H groups in total. The summed E-state index contributed by atoms with van der Waals surface area (Å²) in [4.78, 5) is 2.62. The molecule has 80 valence electrons. The zero-order valence-electron chi connectivity index (χ0n) is 9.08. The molecule has 3 rings (SSSR count). The largest absolute Gasteiger partial charge is 0.291 e. The summed E-state index contributed by atoms with van der Waals surface area (Å²) in [6.07, 6.45) is 4.12. The highest BCUT2D eigenvalue weighted by molar-refractivity contribution is 5.30. The molecule has 0 bridgehead atoms. The van der Waals surface area contributed by atoms with Crippen LogP contribution < -0.4 is 5.32 Å². The van der Waals surface area contributed by atoms with Gasteiger partial charge >= 0.3 is 0 Å². The molecule has 1 atom stereocenters. The van der Waals surface area contributed by atoms with Crippen molar-refractivity contribution >= 4 is 0 Å². The summed E-state index contributed by atoms with van der Waals surface area (Å²) in [5.74, 6) is 0. The van der Waals surface area contributed by atoms with Crippen molar-refractivity contribution in [2.24, 2.45) is 0 Å². The third kappa shape index (κ3) is 1.58. The van der Waals surface area contributed by atoms with Gasteiger partial charge in [-0.3, -0.25) is 10.2 Å². The summed E-state index contributed by atoms with van der Waals surface area (Å²) in [6, 6.07) is 10.9. The van der Waals surface area contributed by atoms with Crippen molar-refractivity contribution in [2.75, 3.05) is 19.6 Å². The Morgan fingerprint density at radius 1 is 1.00 bits per heavy atom. The van der Waals surface area contributed by atoms with Crippen molar-refractivity contribution in [3.05, 3.63) is 35.9 Å². The molecule has 2 saturated heterocycles. The van der Waals surface area contributed by atoms with E-state index in [0.717, 1.165) is 6.54 Å². The topological polar surface area (TPSA) is 25.2 Å². The highest BCUT2D eigenvalue weighted by Crippen LogP contribution is 2.36. The van der Waals surface area contributed by atoms with E-state index in [1.54, 1.807) is 0 Å². The van der Waals surface area contributed by atoms with E-state index < -0.39 is 0 Å². The molecule has 1 aromatic carbocycles. The Balaban J connectivity index is 1.84. The summed E-state index contributed by atoms with van der Waals surface area (Å²) >= 11 is 0. The van der Waals surface area contributed by atoms with Gasteiger partial charge in [-0.05, 0) is 18.4 Å². The van der Waals surface area contributed by atoms with Gasteiger partial charge in [0.1, 0.15) is 5.66 Å². The van der Waals surface area contributed by atoms with Crippen LogP contribution in [0.25, 0.3) is 0 Å². The lowest BCUT2D eigenvalue weighted by Crippen LogP contribution is -2.42.